The van der Waals surface area contributed by atoms with Gasteiger partial charge in [-0.15, -0.1) is 0 Å². The minimum Gasteiger partial charge on any atom is -0.494 e. The number of carbonyl (C=O) groups excluding carboxylic acids is 1. The van der Waals surface area contributed by atoms with Crippen LogP contribution in [-0.2, 0) is 12.8 Å². The predicted octanol–water partition coefficient (Wildman–Crippen LogP) is 4.59. The summed E-state index contributed by atoms with van der Waals surface area (Å²) < 4.78 is 18.7. The first-order valence-corrected chi connectivity index (χ1v) is 8.88. The van der Waals surface area contributed by atoms with Crippen LogP contribution in [0, 0.1) is 5.82 Å². The first kappa shape index (κ1) is 17.5. The molecule has 0 aliphatic heterocycles. The molecule has 3 rings (SSSR count). The number of nitrogens with one attached hydrogen (secondary N) is 1. The smallest absolute Gasteiger partial charge is 0.251 e. The van der Waals surface area contributed by atoms with Crippen molar-refractivity contribution in [2.75, 3.05) is 7.11 Å². The normalized spacial score (nSPS) is 14.5. The zero-order valence-electron chi connectivity index (χ0n) is 14.8. The Labute approximate surface area is 148 Å². The van der Waals surface area contributed by atoms with Crippen LogP contribution in [0.1, 0.15) is 59.3 Å². The topological polar surface area (TPSA) is 38.3 Å². The predicted molar refractivity (Wildman–Crippen MR) is 96.5 cm³/mol. The number of fused-ring (bicyclic) bond motifs is 1. The Hall–Kier alpha value is -2.36. The van der Waals surface area contributed by atoms with Gasteiger partial charge in [0.25, 0.3) is 5.91 Å². The van der Waals surface area contributed by atoms with Crippen molar-refractivity contribution in [2.45, 2.75) is 45.1 Å². The SMILES string of the molecule is CC[C@@H](NC(=O)c1ccc(OC)c(F)c1)c1ccc2c(c1)CCCC2. The molecule has 0 spiro atoms. The highest BCUT2D eigenvalue weighted by Gasteiger charge is 2.18. The highest BCUT2D eigenvalue weighted by molar-refractivity contribution is 5.94. The van der Waals surface area contributed by atoms with E-state index in [4.69, 9.17) is 4.74 Å². The fourth-order valence-electron chi connectivity index (χ4n) is 3.44. The van der Waals surface area contributed by atoms with Gasteiger partial charge in [-0.3, -0.25) is 4.79 Å². The van der Waals surface area contributed by atoms with Gasteiger partial charge in [-0.05, 0) is 67.0 Å². The summed E-state index contributed by atoms with van der Waals surface area (Å²) in [6.07, 6.45) is 5.51. The van der Waals surface area contributed by atoms with Gasteiger partial charge in [0.2, 0.25) is 0 Å². The molecule has 3 nitrogen and oxygen atoms in total. The maximum atomic E-state index is 13.8. The van der Waals surface area contributed by atoms with Crippen LogP contribution in [0.15, 0.2) is 36.4 Å². The minimum absolute atomic E-state index is 0.0788. The Kier molecular flexibility index (Phi) is 5.37. The van der Waals surface area contributed by atoms with Gasteiger partial charge in [0, 0.05) is 5.56 Å². The van der Waals surface area contributed by atoms with E-state index in [-0.39, 0.29) is 17.7 Å². The molecule has 0 unspecified atom stereocenters. The molecule has 0 aromatic heterocycles. The number of carbonyl (C=O) groups is 1. The van der Waals surface area contributed by atoms with Gasteiger partial charge in [0.1, 0.15) is 0 Å². The number of amides is 1. The Balaban J connectivity index is 1.77. The summed E-state index contributed by atoms with van der Waals surface area (Å²) >= 11 is 0. The summed E-state index contributed by atoms with van der Waals surface area (Å²) in [6, 6.07) is 10.7. The third-order valence-electron chi connectivity index (χ3n) is 4.90. The molecule has 1 aliphatic rings. The highest BCUT2D eigenvalue weighted by Crippen LogP contribution is 2.26. The fourth-order valence-corrected chi connectivity index (χ4v) is 3.44. The number of methoxy groups -OCH3 is 1. The molecular formula is C21H24FNO2. The highest BCUT2D eigenvalue weighted by atomic mass is 19.1. The maximum absolute atomic E-state index is 13.8. The minimum atomic E-state index is -0.531. The van der Waals surface area contributed by atoms with Crippen molar-refractivity contribution in [1.29, 1.82) is 0 Å². The van der Waals surface area contributed by atoms with Crippen LogP contribution in [0.3, 0.4) is 0 Å². The van der Waals surface area contributed by atoms with Crippen molar-refractivity contribution < 1.29 is 13.9 Å². The van der Waals surface area contributed by atoms with E-state index in [0.717, 1.165) is 24.8 Å². The Morgan fingerprint density at radius 1 is 1.16 bits per heavy atom. The monoisotopic (exact) mass is 341 g/mol. The second-order valence-electron chi connectivity index (χ2n) is 6.52. The van der Waals surface area contributed by atoms with Gasteiger partial charge < -0.3 is 10.1 Å². The third-order valence-corrected chi connectivity index (χ3v) is 4.90. The molecule has 1 N–H and O–H groups in total. The van der Waals surface area contributed by atoms with Gasteiger partial charge in [0.05, 0.1) is 13.2 Å². The number of hydrogen-bond donors (Lipinski definition) is 1. The summed E-state index contributed by atoms with van der Waals surface area (Å²) in [6.45, 7) is 2.04. The van der Waals surface area contributed by atoms with Crippen molar-refractivity contribution in [3.8, 4) is 5.75 Å². The third kappa shape index (κ3) is 3.84. The Bertz CT molecular complexity index is 772. The number of aryl methyl sites for hydroxylation is 2. The van der Waals surface area contributed by atoms with E-state index in [0.29, 0.717) is 5.56 Å². The average molecular weight is 341 g/mol. The van der Waals surface area contributed by atoms with E-state index < -0.39 is 5.82 Å². The molecule has 0 bridgehead atoms. The molecule has 4 heteroatoms. The van der Waals surface area contributed by atoms with Gasteiger partial charge >= 0.3 is 0 Å². The van der Waals surface area contributed by atoms with Crippen LogP contribution in [0.2, 0.25) is 0 Å². The zero-order chi connectivity index (χ0) is 17.8. The van der Waals surface area contributed by atoms with Crippen molar-refractivity contribution in [2.24, 2.45) is 0 Å². The quantitative estimate of drug-likeness (QED) is 0.863. The van der Waals surface area contributed by atoms with E-state index in [1.165, 1.54) is 43.2 Å². The van der Waals surface area contributed by atoms with Gasteiger partial charge in [-0.25, -0.2) is 4.39 Å². The number of ether oxygens (including phenoxy) is 1. The summed E-state index contributed by atoms with van der Waals surface area (Å²) in [7, 11) is 1.40. The van der Waals surface area contributed by atoms with Gasteiger partial charge in [0.15, 0.2) is 11.6 Å². The molecule has 132 valence electrons. The largest absolute Gasteiger partial charge is 0.494 e. The van der Waals surface area contributed by atoms with Crippen molar-refractivity contribution >= 4 is 5.91 Å². The van der Waals surface area contributed by atoms with E-state index >= 15 is 0 Å². The number of rotatable bonds is 5. The summed E-state index contributed by atoms with van der Waals surface area (Å²) in [4.78, 5) is 12.5. The van der Waals surface area contributed by atoms with Crippen LogP contribution in [0.25, 0.3) is 0 Å². The van der Waals surface area contributed by atoms with E-state index in [1.807, 2.05) is 6.92 Å². The molecule has 0 heterocycles. The summed E-state index contributed by atoms with van der Waals surface area (Å²) in [5, 5.41) is 3.02. The van der Waals surface area contributed by atoms with E-state index in [9.17, 15) is 9.18 Å². The van der Waals surface area contributed by atoms with Crippen LogP contribution in [-0.4, -0.2) is 13.0 Å². The Morgan fingerprint density at radius 3 is 2.60 bits per heavy atom. The van der Waals surface area contributed by atoms with Crippen molar-refractivity contribution in [1.82, 2.24) is 5.32 Å². The van der Waals surface area contributed by atoms with Crippen LogP contribution < -0.4 is 10.1 Å². The second-order valence-corrected chi connectivity index (χ2v) is 6.52. The maximum Gasteiger partial charge on any atom is 0.251 e. The molecule has 1 amide bonds. The molecule has 1 atom stereocenters. The first-order chi connectivity index (χ1) is 12.1. The number of hydrogen-bond acceptors (Lipinski definition) is 2. The Morgan fingerprint density at radius 2 is 1.92 bits per heavy atom. The first-order valence-electron chi connectivity index (χ1n) is 8.88. The lowest BCUT2D eigenvalue weighted by Crippen LogP contribution is -2.28. The standard InChI is InChI=1S/C21H24FNO2/c1-3-19(16-9-8-14-6-4-5-7-15(14)12-16)23-21(24)17-10-11-20(25-2)18(22)13-17/h8-13,19H,3-7H2,1-2H3,(H,23,24)/t19-/m1/s1. The van der Waals surface area contributed by atoms with Crippen LogP contribution in [0.5, 0.6) is 5.75 Å². The molecule has 1 aliphatic carbocycles. The molecular weight excluding hydrogens is 317 g/mol. The van der Waals surface area contributed by atoms with Crippen LogP contribution in [0.4, 0.5) is 4.39 Å². The number of benzene rings is 2. The fraction of sp³-hybridized carbons (Fsp3) is 0.381. The summed E-state index contributed by atoms with van der Waals surface area (Å²) in [5.41, 5.74) is 4.24. The molecule has 0 saturated heterocycles. The average Bonchev–Trinajstić information content (AvgIpc) is 2.65. The van der Waals surface area contributed by atoms with Crippen molar-refractivity contribution in [3.05, 3.63) is 64.5 Å². The van der Waals surface area contributed by atoms with E-state index in [1.54, 1.807) is 6.07 Å². The van der Waals surface area contributed by atoms with Crippen molar-refractivity contribution in [3.63, 3.8) is 0 Å². The van der Waals surface area contributed by atoms with Crippen LogP contribution >= 0.6 is 0 Å². The lowest BCUT2D eigenvalue weighted by Gasteiger charge is -2.22. The molecule has 0 saturated carbocycles. The second kappa shape index (κ2) is 7.68. The lowest BCUT2D eigenvalue weighted by molar-refractivity contribution is 0.0935. The van der Waals surface area contributed by atoms with Gasteiger partial charge in [-0.1, -0.05) is 25.1 Å². The lowest BCUT2D eigenvalue weighted by atomic mass is 9.88. The molecule has 0 fully saturated rings. The molecule has 2 aromatic rings. The van der Waals surface area contributed by atoms with Gasteiger partial charge in [-0.2, -0.15) is 0 Å². The molecule has 0 radical (unpaired) electrons. The molecule has 2 aromatic carbocycles. The van der Waals surface area contributed by atoms with E-state index in [2.05, 4.69) is 23.5 Å². The summed E-state index contributed by atoms with van der Waals surface area (Å²) in [5.74, 6) is -0.665. The zero-order valence-corrected chi connectivity index (χ0v) is 14.8. The number of halogens is 1. The molecule has 25 heavy (non-hydrogen) atoms.